The van der Waals surface area contributed by atoms with Gasteiger partial charge in [-0.15, -0.1) is 0 Å². The van der Waals surface area contributed by atoms with Crippen molar-refractivity contribution in [2.24, 2.45) is 0 Å². The van der Waals surface area contributed by atoms with Crippen molar-refractivity contribution >= 4 is 17.5 Å². The Labute approximate surface area is 149 Å². The molecule has 1 aromatic heterocycles. The Morgan fingerprint density at radius 1 is 0.840 bits per heavy atom. The topological polar surface area (TPSA) is 49.8 Å². The number of nitrogens with zero attached hydrogens (tertiary/aromatic N) is 2. The van der Waals surface area contributed by atoms with Gasteiger partial charge in [0, 0.05) is 24.0 Å². The van der Waals surface area contributed by atoms with Gasteiger partial charge in [-0.05, 0) is 50.5 Å². The van der Waals surface area contributed by atoms with Crippen LogP contribution in [0.4, 0.5) is 17.5 Å². The predicted octanol–water partition coefficient (Wildman–Crippen LogP) is 5.07. The maximum atomic E-state index is 4.60. The van der Waals surface area contributed by atoms with Crippen molar-refractivity contribution in [3.05, 3.63) is 76.5 Å². The summed E-state index contributed by atoms with van der Waals surface area (Å²) in [6, 6.07) is 16.6. The van der Waals surface area contributed by atoms with Gasteiger partial charge in [-0.1, -0.05) is 42.0 Å². The van der Waals surface area contributed by atoms with Crippen molar-refractivity contribution in [1.29, 1.82) is 0 Å². The Hall–Kier alpha value is -2.88. The fraction of sp³-hybridized carbons (Fsp3) is 0.238. The summed E-state index contributed by atoms with van der Waals surface area (Å²) in [5, 5.41) is 6.73. The van der Waals surface area contributed by atoms with Crippen molar-refractivity contribution in [2.75, 3.05) is 10.6 Å². The highest BCUT2D eigenvalue weighted by molar-refractivity contribution is 5.60. The third-order valence-electron chi connectivity index (χ3n) is 4.20. The molecule has 0 saturated heterocycles. The Kier molecular flexibility index (Phi) is 4.98. The minimum atomic E-state index is 0.610. The minimum Gasteiger partial charge on any atom is -0.366 e. The van der Waals surface area contributed by atoms with Gasteiger partial charge in [0.2, 0.25) is 5.95 Å². The predicted molar refractivity (Wildman–Crippen MR) is 104 cm³/mol. The molecule has 0 radical (unpaired) electrons. The molecule has 0 unspecified atom stereocenters. The summed E-state index contributed by atoms with van der Waals surface area (Å²) < 4.78 is 0. The molecule has 3 aromatic rings. The molecule has 0 aliphatic rings. The zero-order valence-electron chi connectivity index (χ0n) is 15.2. The SMILES string of the molecule is Cc1ccc(Nc2nc(C)cc(NCc3ccccc3C)n2)c(C)c1. The van der Waals surface area contributed by atoms with Gasteiger partial charge in [0.05, 0.1) is 0 Å². The fourth-order valence-electron chi connectivity index (χ4n) is 2.78. The van der Waals surface area contributed by atoms with Gasteiger partial charge in [-0.3, -0.25) is 0 Å². The smallest absolute Gasteiger partial charge is 0.229 e. The molecule has 2 N–H and O–H groups in total. The van der Waals surface area contributed by atoms with E-state index in [0.29, 0.717) is 5.95 Å². The molecule has 4 nitrogen and oxygen atoms in total. The van der Waals surface area contributed by atoms with Crippen molar-refractivity contribution in [2.45, 2.75) is 34.2 Å². The molecule has 1 heterocycles. The van der Waals surface area contributed by atoms with Gasteiger partial charge >= 0.3 is 0 Å². The number of aromatic nitrogens is 2. The largest absolute Gasteiger partial charge is 0.366 e. The highest BCUT2D eigenvalue weighted by atomic mass is 15.1. The fourth-order valence-corrected chi connectivity index (χ4v) is 2.78. The number of rotatable bonds is 5. The maximum Gasteiger partial charge on any atom is 0.229 e. The van der Waals surface area contributed by atoms with E-state index in [-0.39, 0.29) is 0 Å². The first-order chi connectivity index (χ1) is 12.0. The normalized spacial score (nSPS) is 10.6. The second kappa shape index (κ2) is 7.34. The minimum absolute atomic E-state index is 0.610. The molecular formula is C21H24N4. The second-order valence-electron chi connectivity index (χ2n) is 6.44. The van der Waals surface area contributed by atoms with Crippen LogP contribution in [0.5, 0.6) is 0 Å². The number of anilines is 3. The molecule has 128 valence electrons. The standard InChI is InChI=1S/C21H24N4/c1-14-9-10-19(16(3)11-14)24-21-23-17(4)12-20(25-21)22-13-18-8-6-5-7-15(18)2/h5-12H,13H2,1-4H3,(H2,22,23,24,25). The van der Waals surface area contributed by atoms with Crippen LogP contribution in [0.25, 0.3) is 0 Å². The molecule has 0 aliphatic heterocycles. The Morgan fingerprint density at radius 3 is 2.40 bits per heavy atom. The van der Waals surface area contributed by atoms with Crippen LogP contribution in [0.3, 0.4) is 0 Å². The Bertz CT molecular complexity index is 887. The van der Waals surface area contributed by atoms with E-state index in [1.54, 1.807) is 0 Å². The molecule has 0 fully saturated rings. The Balaban J connectivity index is 1.77. The Morgan fingerprint density at radius 2 is 1.64 bits per heavy atom. The number of benzene rings is 2. The first-order valence-electron chi connectivity index (χ1n) is 8.49. The van der Waals surface area contributed by atoms with Crippen LogP contribution in [-0.2, 0) is 6.54 Å². The van der Waals surface area contributed by atoms with Crippen LogP contribution < -0.4 is 10.6 Å². The number of hydrogen-bond acceptors (Lipinski definition) is 4. The highest BCUT2D eigenvalue weighted by Crippen LogP contribution is 2.21. The van der Waals surface area contributed by atoms with Gasteiger partial charge in [-0.25, -0.2) is 4.98 Å². The van der Waals surface area contributed by atoms with Crippen LogP contribution in [0.15, 0.2) is 48.5 Å². The number of hydrogen-bond donors (Lipinski definition) is 2. The lowest BCUT2D eigenvalue weighted by Crippen LogP contribution is -2.06. The molecule has 2 aromatic carbocycles. The van der Waals surface area contributed by atoms with Crippen molar-refractivity contribution in [3.8, 4) is 0 Å². The van der Waals surface area contributed by atoms with E-state index in [2.05, 4.69) is 83.8 Å². The van der Waals surface area contributed by atoms with Gasteiger partial charge in [0.25, 0.3) is 0 Å². The van der Waals surface area contributed by atoms with E-state index >= 15 is 0 Å². The third-order valence-corrected chi connectivity index (χ3v) is 4.20. The van der Waals surface area contributed by atoms with Crippen molar-refractivity contribution in [1.82, 2.24) is 9.97 Å². The summed E-state index contributed by atoms with van der Waals surface area (Å²) in [7, 11) is 0. The average Bonchev–Trinajstić information content (AvgIpc) is 2.56. The number of aryl methyl sites for hydroxylation is 4. The second-order valence-corrected chi connectivity index (χ2v) is 6.44. The van der Waals surface area contributed by atoms with Gasteiger partial charge in [-0.2, -0.15) is 4.98 Å². The highest BCUT2D eigenvalue weighted by Gasteiger charge is 2.06. The van der Waals surface area contributed by atoms with E-state index < -0.39 is 0 Å². The molecule has 0 saturated carbocycles. The lowest BCUT2D eigenvalue weighted by Gasteiger charge is -2.12. The molecule has 0 spiro atoms. The summed E-state index contributed by atoms with van der Waals surface area (Å²) >= 11 is 0. The monoisotopic (exact) mass is 332 g/mol. The van der Waals surface area contributed by atoms with E-state index in [0.717, 1.165) is 23.7 Å². The van der Waals surface area contributed by atoms with Crippen LogP contribution in [0, 0.1) is 27.7 Å². The average molecular weight is 332 g/mol. The van der Waals surface area contributed by atoms with Crippen LogP contribution in [0.2, 0.25) is 0 Å². The lowest BCUT2D eigenvalue weighted by molar-refractivity contribution is 1.05. The van der Waals surface area contributed by atoms with Crippen molar-refractivity contribution in [3.63, 3.8) is 0 Å². The first-order valence-corrected chi connectivity index (χ1v) is 8.49. The molecule has 0 bridgehead atoms. The summed E-state index contributed by atoms with van der Waals surface area (Å²) in [5.74, 6) is 1.43. The first kappa shape index (κ1) is 17.0. The third kappa shape index (κ3) is 4.35. The molecule has 3 rings (SSSR count). The molecule has 25 heavy (non-hydrogen) atoms. The molecule has 4 heteroatoms. The molecule has 0 aliphatic carbocycles. The number of nitrogens with one attached hydrogen (secondary N) is 2. The van der Waals surface area contributed by atoms with E-state index in [1.165, 1.54) is 22.3 Å². The summed E-state index contributed by atoms with van der Waals surface area (Å²) in [5.41, 5.74) is 6.92. The molecule has 0 amide bonds. The van der Waals surface area contributed by atoms with Crippen LogP contribution in [-0.4, -0.2) is 9.97 Å². The maximum absolute atomic E-state index is 4.60. The zero-order valence-corrected chi connectivity index (χ0v) is 15.2. The summed E-state index contributed by atoms with van der Waals surface area (Å²) in [4.78, 5) is 9.11. The molecular weight excluding hydrogens is 308 g/mol. The van der Waals surface area contributed by atoms with E-state index in [4.69, 9.17) is 0 Å². The van der Waals surface area contributed by atoms with E-state index in [1.807, 2.05) is 13.0 Å². The summed E-state index contributed by atoms with van der Waals surface area (Å²) in [6.07, 6.45) is 0. The van der Waals surface area contributed by atoms with Crippen LogP contribution in [0.1, 0.15) is 27.9 Å². The van der Waals surface area contributed by atoms with Crippen molar-refractivity contribution < 1.29 is 0 Å². The van der Waals surface area contributed by atoms with Gasteiger partial charge < -0.3 is 10.6 Å². The van der Waals surface area contributed by atoms with E-state index in [9.17, 15) is 0 Å². The van der Waals surface area contributed by atoms with Gasteiger partial charge in [0.15, 0.2) is 0 Å². The zero-order chi connectivity index (χ0) is 17.8. The quantitative estimate of drug-likeness (QED) is 0.685. The lowest BCUT2D eigenvalue weighted by atomic mass is 10.1. The summed E-state index contributed by atoms with van der Waals surface area (Å²) in [6.45, 7) is 9.02. The van der Waals surface area contributed by atoms with Crippen LogP contribution >= 0.6 is 0 Å². The van der Waals surface area contributed by atoms with Gasteiger partial charge in [0.1, 0.15) is 5.82 Å². The molecule has 0 atom stereocenters.